The summed E-state index contributed by atoms with van der Waals surface area (Å²) in [6.07, 6.45) is 20.7. The predicted molar refractivity (Wildman–Crippen MR) is 104 cm³/mol. The largest absolute Gasteiger partial charge is 2.00 e. The van der Waals surface area contributed by atoms with Gasteiger partial charge in [0, 0.05) is 19.6 Å². The SMILES string of the molecule is COC[C@@H]1CCCN1/N=C(\[C]1[CH][CH][CH][CH]1)c1cccs1.[CH]1[CH][CH][CH][CH]1.[Fe+2]. The Kier molecular flexibility index (Phi) is 10.3. The molecule has 0 spiro atoms. The number of methoxy groups -OCH3 is 1. The molecular formula is C21H24FeN2OS+2. The quantitative estimate of drug-likeness (QED) is 0.544. The average Bonchev–Trinajstić information content (AvgIpc) is 3.44. The van der Waals surface area contributed by atoms with Crippen molar-refractivity contribution >= 4 is 17.0 Å². The number of hydrazone groups is 1. The molecule has 0 bridgehead atoms. The number of nitrogens with zero attached hydrogens (tertiary/aromatic N) is 2. The van der Waals surface area contributed by atoms with E-state index in [1.54, 1.807) is 18.4 Å². The molecule has 0 amide bonds. The molecule has 1 saturated heterocycles. The second-order valence-electron chi connectivity index (χ2n) is 5.98. The van der Waals surface area contributed by atoms with Crippen molar-refractivity contribution in [2.75, 3.05) is 20.3 Å². The fourth-order valence-corrected chi connectivity index (χ4v) is 3.69. The minimum Gasteiger partial charge on any atom is -0.382 e. The van der Waals surface area contributed by atoms with Gasteiger partial charge in [0.2, 0.25) is 0 Å². The molecule has 136 valence electrons. The van der Waals surface area contributed by atoms with Gasteiger partial charge in [-0.2, -0.15) is 5.10 Å². The monoisotopic (exact) mass is 408 g/mol. The molecule has 0 aromatic carbocycles. The molecule has 1 aromatic heterocycles. The second kappa shape index (κ2) is 12.2. The van der Waals surface area contributed by atoms with Crippen LogP contribution in [0.4, 0.5) is 0 Å². The average molecular weight is 408 g/mol. The number of hydrogen-bond donors (Lipinski definition) is 0. The predicted octanol–water partition coefficient (Wildman–Crippen LogP) is 3.99. The van der Waals surface area contributed by atoms with Crippen LogP contribution in [0.1, 0.15) is 17.7 Å². The molecule has 2 saturated carbocycles. The standard InChI is InChI=1S/C16H19N2OS.C5H5.Fe/c1-19-12-14-8-4-10-18(14)17-16(13-6-2-3-7-13)15-9-5-11-20-15;1-2-4-5-3-1;/h2-3,5-7,9,11,14H,4,8,10,12H2,1H3;1-5H;/q;;+2/b17-16+;;/t14-;;/m0../s1. The van der Waals surface area contributed by atoms with E-state index in [-0.39, 0.29) is 17.1 Å². The third-order valence-electron chi connectivity index (χ3n) is 4.18. The van der Waals surface area contributed by atoms with Gasteiger partial charge in [0.05, 0.1) is 23.2 Å². The van der Waals surface area contributed by atoms with Crippen LogP contribution in [0.25, 0.3) is 0 Å². The van der Waals surface area contributed by atoms with Gasteiger partial charge < -0.3 is 4.74 Å². The first kappa shape index (κ1) is 21.9. The fraction of sp³-hybridized carbons (Fsp3) is 0.286. The van der Waals surface area contributed by atoms with Crippen LogP contribution < -0.4 is 0 Å². The van der Waals surface area contributed by atoms with Gasteiger partial charge in [-0.15, -0.1) is 11.3 Å². The molecule has 3 aliphatic rings. The number of rotatable bonds is 5. The molecule has 3 nitrogen and oxygen atoms in total. The summed E-state index contributed by atoms with van der Waals surface area (Å²) in [5.74, 6) is 1.19. The Labute approximate surface area is 174 Å². The van der Waals surface area contributed by atoms with Gasteiger partial charge >= 0.3 is 17.1 Å². The first-order valence-electron chi connectivity index (χ1n) is 8.65. The van der Waals surface area contributed by atoms with Crippen molar-refractivity contribution < 1.29 is 21.8 Å². The maximum atomic E-state index is 5.31. The van der Waals surface area contributed by atoms with Gasteiger partial charge in [0.15, 0.2) is 0 Å². The zero-order chi connectivity index (χ0) is 17.3. The molecule has 26 heavy (non-hydrogen) atoms. The van der Waals surface area contributed by atoms with E-state index in [9.17, 15) is 0 Å². The van der Waals surface area contributed by atoms with E-state index in [4.69, 9.17) is 9.84 Å². The minimum absolute atomic E-state index is 0. The normalized spacial score (nSPS) is 23.7. The van der Waals surface area contributed by atoms with Crippen LogP contribution in [-0.4, -0.2) is 37.0 Å². The van der Waals surface area contributed by atoms with E-state index in [1.165, 1.54) is 17.2 Å². The molecular weight excluding hydrogens is 384 g/mol. The van der Waals surface area contributed by atoms with Crippen molar-refractivity contribution in [3.63, 3.8) is 0 Å². The first-order chi connectivity index (χ1) is 12.4. The van der Waals surface area contributed by atoms with Crippen molar-refractivity contribution in [3.05, 3.63) is 86.1 Å². The Morgan fingerprint density at radius 1 is 1.15 bits per heavy atom. The van der Waals surface area contributed by atoms with Crippen molar-refractivity contribution in [2.24, 2.45) is 5.10 Å². The molecule has 10 radical (unpaired) electrons. The van der Waals surface area contributed by atoms with Gasteiger partial charge in [-0.05, 0) is 82.1 Å². The summed E-state index contributed by atoms with van der Waals surface area (Å²) in [6.45, 7) is 1.77. The van der Waals surface area contributed by atoms with Crippen LogP contribution >= 0.6 is 11.3 Å². The van der Waals surface area contributed by atoms with Crippen LogP contribution in [0, 0.1) is 63.7 Å². The number of ether oxygens (including phenoxy) is 1. The Morgan fingerprint density at radius 2 is 1.85 bits per heavy atom. The number of hydrogen-bond acceptors (Lipinski definition) is 4. The van der Waals surface area contributed by atoms with Crippen LogP contribution in [0.5, 0.6) is 0 Å². The topological polar surface area (TPSA) is 24.8 Å². The molecule has 0 N–H and O–H groups in total. The molecule has 0 unspecified atom stereocenters. The molecule has 2 aliphatic carbocycles. The van der Waals surface area contributed by atoms with Crippen LogP contribution in [0.15, 0.2) is 22.6 Å². The van der Waals surface area contributed by atoms with Crippen molar-refractivity contribution in [3.8, 4) is 0 Å². The second-order valence-corrected chi connectivity index (χ2v) is 6.92. The maximum Gasteiger partial charge on any atom is 2.00 e. The Bertz CT molecular complexity index is 502. The van der Waals surface area contributed by atoms with Gasteiger partial charge in [-0.25, -0.2) is 0 Å². The molecule has 5 heteroatoms. The smallest absolute Gasteiger partial charge is 0.382 e. The van der Waals surface area contributed by atoms with Crippen LogP contribution in [0.2, 0.25) is 0 Å². The van der Waals surface area contributed by atoms with E-state index >= 15 is 0 Å². The van der Waals surface area contributed by atoms with Crippen molar-refractivity contribution in [2.45, 2.75) is 18.9 Å². The molecule has 1 atom stereocenters. The van der Waals surface area contributed by atoms with E-state index in [0.29, 0.717) is 6.04 Å². The fourth-order valence-electron chi connectivity index (χ4n) is 2.96. The summed E-state index contributed by atoms with van der Waals surface area (Å²) < 4.78 is 5.31. The molecule has 2 heterocycles. The van der Waals surface area contributed by atoms with Gasteiger partial charge in [-0.3, -0.25) is 5.01 Å². The molecule has 3 fully saturated rings. The summed E-state index contributed by atoms with van der Waals surface area (Å²) in [7, 11) is 1.76. The summed E-state index contributed by atoms with van der Waals surface area (Å²) in [4.78, 5) is 1.22. The zero-order valence-electron chi connectivity index (χ0n) is 14.9. The van der Waals surface area contributed by atoms with Gasteiger partial charge in [-0.1, -0.05) is 6.07 Å². The van der Waals surface area contributed by atoms with E-state index < -0.39 is 0 Å². The number of thiophene rings is 1. The minimum atomic E-state index is 0. The van der Waals surface area contributed by atoms with Crippen LogP contribution in [-0.2, 0) is 21.8 Å². The summed E-state index contributed by atoms with van der Waals surface area (Å²) >= 11 is 1.74. The van der Waals surface area contributed by atoms with E-state index in [1.807, 2.05) is 32.1 Å². The maximum absolute atomic E-state index is 5.31. The van der Waals surface area contributed by atoms with Crippen molar-refractivity contribution in [1.29, 1.82) is 0 Å². The molecule has 1 aliphatic heterocycles. The summed E-state index contributed by atoms with van der Waals surface area (Å²) in [6, 6.07) is 4.62. The third kappa shape index (κ3) is 6.37. The Balaban J connectivity index is 0.000000351. The first-order valence-corrected chi connectivity index (χ1v) is 9.53. The van der Waals surface area contributed by atoms with Crippen LogP contribution in [0.3, 0.4) is 0 Å². The van der Waals surface area contributed by atoms with E-state index in [0.717, 1.165) is 25.3 Å². The molecule has 1 aromatic rings. The Hall–Kier alpha value is -0.351. The van der Waals surface area contributed by atoms with Crippen molar-refractivity contribution in [1.82, 2.24) is 5.01 Å². The summed E-state index contributed by atoms with van der Waals surface area (Å²) in [5, 5.41) is 9.24. The molecule has 4 rings (SSSR count). The zero-order valence-corrected chi connectivity index (χ0v) is 16.8. The third-order valence-corrected chi connectivity index (χ3v) is 5.06. The van der Waals surface area contributed by atoms with Gasteiger partial charge in [0.1, 0.15) is 0 Å². The summed E-state index contributed by atoms with van der Waals surface area (Å²) in [5.41, 5.74) is 1.08. The van der Waals surface area contributed by atoms with Gasteiger partial charge in [0.25, 0.3) is 0 Å². The Morgan fingerprint density at radius 3 is 2.42 bits per heavy atom. The van der Waals surface area contributed by atoms with E-state index in [2.05, 4.69) is 48.2 Å².